The van der Waals surface area contributed by atoms with E-state index in [4.69, 9.17) is 41.4 Å². The lowest BCUT2D eigenvalue weighted by atomic mass is 10.1. The van der Waals surface area contributed by atoms with Gasteiger partial charge in [-0.25, -0.2) is 9.59 Å². The van der Waals surface area contributed by atoms with Gasteiger partial charge in [0.25, 0.3) is 11.1 Å². The maximum absolute atomic E-state index is 12.9. The zero-order valence-corrected chi connectivity index (χ0v) is 28.9. The molecule has 0 saturated carbocycles. The average Bonchev–Trinajstić information content (AvgIpc) is 3.64. The van der Waals surface area contributed by atoms with E-state index in [-0.39, 0.29) is 24.0 Å². The van der Waals surface area contributed by atoms with Crippen molar-refractivity contribution < 1.29 is 28.3 Å². The van der Waals surface area contributed by atoms with E-state index >= 15 is 0 Å². The number of nitrogens with one attached hydrogen (secondary N) is 3. The summed E-state index contributed by atoms with van der Waals surface area (Å²) >= 11 is 4.97. The number of hydrogen-bond donors (Lipinski definition) is 3. The van der Waals surface area contributed by atoms with Crippen LogP contribution >= 0.6 is 6.72 Å². The maximum atomic E-state index is 12.9. The molecule has 2 aromatic heterocycles. The second kappa shape index (κ2) is 17.7. The van der Waals surface area contributed by atoms with E-state index in [9.17, 15) is 24.1 Å². The SMILES string of the molecule is CC[NH+](CC)CC.Cc1cn([C@H]2C[C@H](N=[N+]=[N-])[C@@H](COP([O-])(=S)OC[C@H]3O[C@@H](n4cc(C)c(=O)[nH]c4=O)C[C@@H]3N=[N+]=[N-])O2)c(=O)[nH]c1=O. The molecule has 4 rings (SSSR count). The van der Waals surface area contributed by atoms with Crippen molar-refractivity contribution in [3.05, 3.63) is 86.1 Å². The lowest BCUT2D eigenvalue weighted by Gasteiger charge is -2.30. The Morgan fingerprint density at radius 2 is 1.25 bits per heavy atom. The van der Waals surface area contributed by atoms with Crippen molar-refractivity contribution in [2.75, 3.05) is 32.8 Å². The van der Waals surface area contributed by atoms with E-state index in [1.54, 1.807) is 4.90 Å². The molecule has 22 heteroatoms. The number of azide groups is 2. The quantitative estimate of drug-likeness (QED) is 0.110. The van der Waals surface area contributed by atoms with Gasteiger partial charge in [0.05, 0.1) is 57.1 Å². The number of quaternary nitrogens is 1. The summed E-state index contributed by atoms with van der Waals surface area (Å²) in [5, 5.41) is 7.31. The van der Waals surface area contributed by atoms with Gasteiger partial charge in [-0.3, -0.25) is 28.7 Å². The molecule has 4 heterocycles. The van der Waals surface area contributed by atoms with E-state index in [0.717, 1.165) is 9.13 Å². The van der Waals surface area contributed by atoms with Crippen molar-refractivity contribution in [1.82, 2.24) is 19.1 Å². The number of hydrogen-bond acceptors (Lipinski definition) is 12. The molecule has 6 atom stereocenters. The van der Waals surface area contributed by atoms with Gasteiger partial charge in [-0.1, -0.05) is 22.0 Å². The highest BCUT2D eigenvalue weighted by atomic mass is 32.5. The summed E-state index contributed by atoms with van der Waals surface area (Å²) in [6, 6.07) is -1.65. The first kappa shape index (κ1) is 38.8. The fourth-order valence-electron chi connectivity index (χ4n) is 5.16. The molecule has 0 radical (unpaired) electrons. The fraction of sp³-hybridized carbons (Fsp3) is 0.692. The molecular formula is C26H40N11O9PS. The van der Waals surface area contributed by atoms with E-state index in [0.29, 0.717) is 0 Å². The molecule has 0 aromatic carbocycles. The van der Waals surface area contributed by atoms with Gasteiger partial charge in [-0.15, -0.1) is 0 Å². The number of rotatable bonds is 13. The lowest BCUT2D eigenvalue weighted by molar-refractivity contribution is -0.894. The third-order valence-corrected chi connectivity index (χ3v) is 9.58. The van der Waals surface area contributed by atoms with Crippen LogP contribution in [0, 0.1) is 13.8 Å². The highest BCUT2D eigenvalue weighted by Crippen LogP contribution is 2.42. The molecule has 0 spiro atoms. The van der Waals surface area contributed by atoms with Gasteiger partial charge in [0.1, 0.15) is 19.2 Å². The Balaban J connectivity index is 0.000000804. The molecule has 264 valence electrons. The summed E-state index contributed by atoms with van der Waals surface area (Å²) in [5.41, 5.74) is 15.8. The molecule has 2 aromatic rings. The van der Waals surface area contributed by atoms with E-state index in [1.165, 1.54) is 45.9 Å². The minimum atomic E-state index is -4.20. The first-order valence-electron chi connectivity index (χ1n) is 15.2. The van der Waals surface area contributed by atoms with Crippen LogP contribution in [-0.4, -0.2) is 76.2 Å². The average molecular weight is 714 g/mol. The Labute approximate surface area is 279 Å². The Morgan fingerprint density at radius 1 is 0.875 bits per heavy atom. The summed E-state index contributed by atoms with van der Waals surface area (Å²) in [7, 11) is 0. The van der Waals surface area contributed by atoms with Gasteiger partial charge in [-0.2, -0.15) is 0 Å². The normalized spacial score (nSPS) is 24.6. The zero-order chi connectivity index (χ0) is 35.6. The summed E-state index contributed by atoms with van der Waals surface area (Å²) in [5.74, 6) is 0. The van der Waals surface area contributed by atoms with Gasteiger partial charge < -0.3 is 28.3 Å². The monoisotopic (exact) mass is 713 g/mol. The van der Waals surface area contributed by atoms with E-state index < -0.39 is 79.2 Å². The van der Waals surface area contributed by atoms with Crippen molar-refractivity contribution in [3.63, 3.8) is 0 Å². The van der Waals surface area contributed by atoms with Gasteiger partial charge in [-0.05, 0) is 45.7 Å². The van der Waals surface area contributed by atoms with Crippen molar-refractivity contribution in [1.29, 1.82) is 0 Å². The number of aryl methyl sites for hydroxylation is 2. The molecular weight excluding hydrogens is 673 g/mol. The van der Waals surface area contributed by atoms with Crippen molar-refractivity contribution in [2.24, 2.45) is 10.2 Å². The van der Waals surface area contributed by atoms with Crippen LogP contribution in [0.4, 0.5) is 0 Å². The molecule has 2 aliphatic heterocycles. The van der Waals surface area contributed by atoms with Crippen LogP contribution in [0.25, 0.3) is 20.9 Å². The van der Waals surface area contributed by atoms with Crippen molar-refractivity contribution in [2.45, 2.75) is 84.2 Å². The predicted molar refractivity (Wildman–Crippen MR) is 174 cm³/mol. The molecule has 0 amide bonds. The molecule has 0 bridgehead atoms. The smallest absolute Gasteiger partial charge is 0.330 e. The third-order valence-electron chi connectivity index (χ3n) is 8.01. The predicted octanol–water partition coefficient (Wildman–Crippen LogP) is 0.185. The maximum Gasteiger partial charge on any atom is 0.330 e. The lowest BCUT2D eigenvalue weighted by Crippen LogP contribution is -3.11. The Hall–Kier alpha value is -3.61. The van der Waals surface area contributed by atoms with Gasteiger partial charge in [0.15, 0.2) is 0 Å². The van der Waals surface area contributed by atoms with Crippen molar-refractivity contribution >= 4 is 18.5 Å². The highest BCUT2D eigenvalue weighted by Gasteiger charge is 2.39. The Morgan fingerprint density at radius 3 is 1.56 bits per heavy atom. The van der Waals surface area contributed by atoms with E-state index in [1.807, 2.05) is 0 Å². The summed E-state index contributed by atoms with van der Waals surface area (Å²) in [6.45, 7) is 8.43. The van der Waals surface area contributed by atoms with E-state index in [2.05, 4.69) is 50.8 Å². The minimum absolute atomic E-state index is 0.0564. The summed E-state index contributed by atoms with van der Waals surface area (Å²) in [6.07, 6.45) is -1.04. The number of aromatic nitrogens is 4. The molecule has 20 nitrogen and oxygen atoms in total. The van der Waals surface area contributed by atoms with Gasteiger partial charge in [0, 0.05) is 46.2 Å². The second-order valence-corrected chi connectivity index (χ2v) is 13.8. The van der Waals surface area contributed by atoms with Gasteiger partial charge in [0.2, 0.25) is 0 Å². The second-order valence-electron chi connectivity index (χ2n) is 11.1. The molecule has 3 N–H and O–H groups in total. The third kappa shape index (κ3) is 10.2. The molecule has 0 unspecified atom stereocenters. The molecule has 2 aliphatic rings. The van der Waals surface area contributed by atoms with Gasteiger partial charge >= 0.3 is 11.4 Å². The Bertz CT molecular complexity index is 1670. The van der Waals surface area contributed by atoms with Crippen LogP contribution in [0.1, 0.15) is 57.2 Å². The fourth-order valence-corrected chi connectivity index (χ4v) is 6.26. The summed E-state index contributed by atoms with van der Waals surface area (Å²) < 4.78 is 24.5. The highest BCUT2D eigenvalue weighted by molar-refractivity contribution is 8.06. The van der Waals surface area contributed by atoms with Crippen LogP contribution < -0.4 is 32.3 Å². The molecule has 2 fully saturated rings. The van der Waals surface area contributed by atoms with Crippen LogP contribution in [0.2, 0.25) is 0 Å². The zero-order valence-electron chi connectivity index (χ0n) is 27.2. The standard InChI is InChI=1S/C20H25N10O9PS.C6H15N/c1-9-5-29(19(33)23-17(9)31)15-3-11(25-27-21)13(38-15)7-36-40(35,41)37-8-14-12(26-28-22)4-16(39-14)30-6-10(2)18(32)24-20(30)34;1-4-7(5-2)6-3/h5-6,11-16H,3-4,7-8H2,1-2H3,(H,35,41)(H,23,31,33)(H,24,32,34);4-6H2,1-3H3/t11-,12-,13+,14+,15+,16+;/m0./s1. The first-order chi connectivity index (χ1) is 22.8. The van der Waals surface area contributed by atoms with Crippen LogP contribution in [0.3, 0.4) is 0 Å². The number of nitrogens with zero attached hydrogens (tertiary/aromatic N) is 8. The largest absolute Gasteiger partial charge is 0.780 e. The molecule has 0 aliphatic carbocycles. The van der Waals surface area contributed by atoms with Crippen LogP contribution in [0.15, 0.2) is 41.8 Å². The minimum Gasteiger partial charge on any atom is -0.780 e. The first-order valence-corrected chi connectivity index (χ1v) is 17.8. The van der Waals surface area contributed by atoms with Crippen molar-refractivity contribution in [3.8, 4) is 0 Å². The van der Waals surface area contributed by atoms with Crippen LogP contribution in [0.5, 0.6) is 0 Å². The number of H-pyrrole nitrogens is 2. The number of aromatic amines is 2. The Kier molecular flexibility index (Phi) is 14.3. The van der Waals surface area contributed by atoms with Crippen LogP contribution in [-0.2, 0) is 30.3 Å². The molecule has 2 saturated heterocycles. The molecule has 48 heavy (non-hydrogen) atoms. The number of ether oxygens (including phenoxy) is 2. The summed E-state index contributed by atoms with van der Waals surface area (Å²) in [4.78, 5) is 72.3. The topological polar surface area (TPSA) is 272 Å².